The number of carbonyl (C=O) groups is 2. The number of carbonyl (C=O) groups excluding carboxylic acids is 2. The van der Waals surface area contributed by atoms with Crippen molar-refractivity contribution in [2.45, 2.75) is 6.92 Å². The first kappa shape index (κ1) is 13.3. The highest BCUT2D eigenvalue weighted by Crippen LogP contribution is 2.40. The number of esters is 1. The Kier molecular flexibility index (Phi) is 3.18. The lowest BCUT2D eigenvalue weighted by Gasteiger charge is -2.22. The molecular weight excluding hydrogens is 264 g/mol. The van der Waals surface area contributed by atoms with Gasteiger partial charge in [0.05, 0.1) is 7.11 Å². The molecule has 2 aromatic carbocycles. The molecule has 3 heteroatoms. The van der Waals surface area contributed by atoms with Crippen molar-refractivity contribution in [2.24, 2.45) is 0 Å². The third kappa shape index (κ3) is 1.98. The van der Waals surface area contributed by atoms with Gasteiger partial charge in [-0.1, -0.05) is 48.5 Å². The molecule has 0 heterocycles. The van der Waals surface area contributed by atoms with Crippen molar-refractivity contribution >= 4 is 17.3 Å². The van der Waals surface area contributed by atoms with Crippen LogP contribution in [0, 0.1) is 0 Å². The summed E-state index contributed by atoms with van der Waals surface area (Å²) in [5.74, 6) is -0.611. The molecule has 0 spiro atoms. The maximum Gasteiger partial charge on any atom is 0.334 e. The van der Waals surface area contributed by atoms with Crippen molar-refractivity contribution in [3.05, 3.63) is 65.2 Å². The summed E-state index contributed by atoms with van der Waals surface area (Å²) in [6.45, 7) is 1.63. The molecule has 0 saturated heterocycles. The number of Topliss-reactive ketones (excluding diaryl/α,β-unsaturated/α-hetero) is 1. The molecule has 0 aliphatic heterocycles. The van der Waals surface area contributed by atoms with Gasteiger partial charge in [-0.3, -0.25) is 4.79 Å². The van der Waals surface area contributed by atoms with Gasteiger partial charge in [-0.05, 0) is 23.6 Å². The number of fused-ring (bicyclic) bond motifs is 3. The molecule has 0 N–H and O–H groups in total. The van der Waals surface area contributed by atoms with Gasteiger partial charge in [0.15, 0.2) is 5.78 Å². The molecule has 0 bridgehead atoms. The SMILES string of the molecule is COC(=O)/C(C)=C1/C(=O)c2ccccc2-c2ccccc21. The van der Waals surface area contributed by atoms with E-state index in [2.05, 4.69) is 0 Å². The number of hydrogen-bond acceptors (Lipinski definition) is 3. The van der Waals surface area contributed by atoms with E-state index in [-0.39, 0.29) is 5.78 Å². The number of ether oxygens (including phenoxy) is 1. The van der Waals surface area contributed by atoms with Gasteiger partial charge in [0.2, 0.25) is 0 Å². The van der Waals surface area contributed by atoms with Gasteiger partial charge >= 0.3 is 5.97 Å². The molecule has 0 aromatic heterocycles. The van der Waals surface area contributed by atoms with E-state index in [1.165, 1.54) is 7.11 Å². The summed E-state index contributed by atoms with van der Waals surface area (Å²) < 4.78 is 4.77. The van der Waals surface area contributed by atoms with Crippen molar-refractivity contribution in [3.8, 4) is 11.1 Å². The fourth-order valence-electron chi connectivity index (χ4n) is 2.74. The highest BCUT2D eigenvalue weighted by molar-refractivity contribution is 6.37. The average Bonchev–Trinajstić information content (AvgIpc) is 2.54. The minimum Gasteiger partial charge on any atom is -0.466 e. The number of methoxy groups -OCH3 is 1. The predicted molar refractivity (Wildman–Crippen MR) is 80.8 cm³/mol. The van der Waals surface area contributed by atoms with Crippen LogP contribution in [0.15, 0.2) is 54.1 Å². The molecule has 0 atom stereocenters. The van der Waals surface area contributed by atoms with E-state index in [1.807, 2.05) is 42.5 Å². The van der Waals surface area contributed by atoms with Crippen LogP contribution in [0.5, 0.6) is 0 Å². The van der Waals surface area contributed by atoms with Gasteiger partial charge in [-0.15, -0.1) is 0 Å². The summed E-state index contributed by atoms with van der Waals surface area (Å²) in [7, 11) is 1.32. The van der Waals surface area contributed by atoms with Crippen LogP contribution >= 0.6 is 0 Å². The molecule has 104 valence electrons. The van der Waals surface area contributed by atoms with E-state index >= 15 is 0 Å². The molecular formula is C18H14O3. The lowest BCUT2D eigenvalue weighted by Crippen LogP contribution is -2.16. The van der Waals surface area contributed by atoms with Crippen molar-refractivity contribution in [1.29, 1.82) is 0 Å². The molecule has 3 nitrogen and oxygen atoms in total. The third-order valence-corrected chi connectivity index (χ3v) is 3.75. The summed E-state index contributed by atoms with van der Waals surface area (Å²) in [5.41, 5.74) is 4.03. The van der Waals surface area contributed by atoms with Gasteiger partial charge in [-0.25, -0.2) is 4.79 Å². The highest BCUT2D eigenvalue weighted by atomic mass is 16.5. The topological polar surface area (TPSA) is 43.4 Å². The van der Waals surface area contributed by atoms with Crippen molar-refractivity contribution < 1.29 is 14.3 Å². The Labute approximate surface area is 122 Å². The Bertz CT molecular complexity index is 785. The largest absolute Gasteiger partial charge is 0.466 e. The molecule has 1 aliphatic rings. The molecule has 0 saturated carbocycles. The molecule has 0 unspecified atom stereocenters. The van der Waals surface area contributed by atoms with Crippen LogP contribution in [0.4, 0.5) is 0 Å². The van der Waals surface area contributed by atoms with E-state index in [4.69, 9.17) is 4.74 Å². The number of hydrogen-bond donors (Lipinski definition) is 0. The number of rotatable bonds is 1. The molecule has 2 aromatic rings. The average molecular weight is 278 g/mol. The molecule has 1 aliphatic carbocycles. The maximum absolute atomic E-state index is 12.8. The van der Waals surface area contributed by atoms with Crippen LogP contribution in [0.2, 0.25) is 0 Å². The van der Waals surface area contributed by atoms with Crippen LogP contribution in [-0.2, 0) is 9.53 Å². The summed E-state index contributed by atoms with van der Waals surface area (Å²) >= 11 is 0. The van der Waals surface area contributed by atoms with Gasteiger partial charge < -0.3 is 4.74 Å². The van der Waals surface area contributed by atoms with Crippen LogP contribution < -0.4 is 0 Å². The Morgan fingerprint density at radius 2 is 1.33 bits per heavy atom. The zero-order chi connectivity index (χ0) is 15.0. The summed E-state index contributed by atoms with van der Waals surface area (Å²) in [6.07, 6.45) is 0. The Morgan fingerprint density at radius 1 is 0.857 bits per heavy atom. The van der Waals surface area contributed by atoms with E-state index in [1.54, 1.807) is 13.0 Å². The van der Waals surface area contributed by atoms with Crippen LogP contribution in [0.25, 0.3) is 16.7 Å². The first-order valence-corrected chi connectivity index (χ1v) is 6.68. The Morgan fingerprint density at radius 3 is 1.90 bits per heavy atom. The van der Waals surface area contributed by atoms with E-state index in [9.17, 15) is 9.59 Å². The van der Waals surface area contributed by atoms with Gasteiger partial charge in [-0.2, -0.15) is 0 Å². The normalized spacial score (nSPS) is 15.0. The smallest absolute Gasteiger partial charge is 0.334 e. The number of ketones is 1. The summed E-state index contributed by atoms with van der Waals surface area (Å²) in [6, 6.07) is 15.1. The van der Waals surface area contributed by atoms with Gasteiger partial charge in [0.1, 0.15) is 0 Å². The molecule has 21 heavy (non-hydrogen) atoms. The second-order valence-corrected chi connectivity index (χ2v) is 4.91. The molecule has 0 radical (unpaired) electrons. The standard InChI is InChI=1S/C18H14O3/c1-11(18(20)21-2)16-14-9-5-3-7-12(14)13-8-4-6-10-15(13)17(16)19/h3-10H,1-2H3/b16-11+. The van der Waals surface area contributed by atoms with Gasteiger partial charge in [0.25, 0.3) is 0 Å². The third-order valence-electron chi connectivity index (χ3n) is 3.75. The predicted octanol–water partition coefficient (Wildman–Crippen LogP) is 3.50. The molecule has 0 fully saturated rings. The van der Waals surface area contributed by atoms with E-state index in [0.717, 1.165) is 16.7 Å². The zero-order valence-electron chi connectivity index (χ0n) is 11.8. The quantitative estimate of drug-likeness (QED) is 0.592. The van der Waals surface area contributed by atoms with Crippen LogP contribution in [0.3, 0.4) is 0 Å². The Balaban J connectivity index is 2.36. The number of allylic oxidation sites excluding steroid dienone is 1. The second-order valence-electron chi connectivity index (χ2n) is 4.91. The van der Waals surface area contributed by atoms with Crippen molar-refractivity contribution in [3.63, 3.8) is 0 Å². The number of benzene rings is 2. The molecule has 3 rings (SSSR count). The lowest BCUT2D eigenvalue weighted by atomic mass is 9.80. The second kappa shape index (κ2) is 5.02. The lowest BCUT2D eigenvalue weighted by molar-refractivity contribution is -0.135. The molecule has 0 amide bonds. The first-order chi connectivity index (χ1) is 10.1. The Hall–Kier alpha value is -2.68. The van der Waals surface area contributed by atoms with Crippen LogP contribution in [0.1, 0.15) is 22.8 Å². The van der Waals surface area contributed by atoms with Crippen LogP contribution in [-0.4, -0.2) is 18.9 Å². The monoisotopic (exact) mass is 278 g/mol. The first-order valence-electron chi connectivity index (χ1n) is 6.68. The minimum atomic E-state index is -0.479. The van der Waals surface area contributed by atoms with E-state index in [0.29, 0.717) is 16.7 Å². The fraction of sp³-hybridized carbons (Fsp3) is 0.111. The zero-order valence-corrected chi connectivity index (χ0v) is 11.8. The van der Waals surface area contributed by atoms with E-state index < -0.39 is 5.97 Å². The van der Waals surface area contributed by atoms with Gasteiger partial charge in [0, 0.05) is 16.7 Å². The van der Waals surface area contributed by atoms with Crippen molar-refractivity contribution in [1.82, 2.24) is 0 Å². The summed E-state index contributed by atoms with van der Waals surface area (Å²) in [5, 5.41) is 0. The maximum atomic E-state index is 12.8. The van der Waals surface area contributed by atoms with Crippen molar-refractivity contribution in [2.75, 3.05) is 7.11 Å². The fourth-order valence-corrected chi connectivity index (χ4v) is 2.74. The minimum absolute atomic E-state index is 0.132. The highest BCUT2D eigenvalue weighted by Gasteiger charge is 2.29. The summed E-state index contributed by atoms with van der Waals surface area (Å²) in [4.78, 5) is 24.6.